The van der Waals surface area contributed by atoms with Gasteiger partial charge < -0.3 is 85.1 Å². The van der Waals surface area contributed by atoms with E-state index in [4.69, 9.17) is 103 Å². The van der Waals surface area contributed by atoms with Crippen LogP contribution in [0.4, 0.5) is 0 Å². The molecule has 0 aliphatic carbocycles. The summed E-state index contributed by atoms with van der Waals surface area (Å²) in [4.78, 5) is 52.8. The number of hydrogen-bond acceptors (Lipinski definition) is 14. The van der Waals surface area contributed by atoms with Crippen molar-refractivity contribution in [2.75, 3.05) is 31.5 Å². The van der Waals surface area contributed by atoms with Gasteiger partial charge in [-0.3, -0.25) is 28.3 Å². The van der Waals surface area contributed by atoms with Crippen LogP contribution in [-0.2, 0) is 87.2 Å². The van der Waals surface area contributed by atoms with Crippen LogP contribution in [-0.4, -0.2) is 135 Å². The Kier molecular flexibility index (Phi) is 265. The molecular weight excluding hydrogens is 1610 g/mol. The SMILES string of the molecule is BrBr.C.CC(=O)CBr.CC(=O)CN=[N+]=[N-].CC(C)=O.CC(O)C=[N-].CC(O)CN.CC(O)C[NH-].ClC(Cl)Cl.[CH-]=O.[CH2-]C=O.[CH2-]N=CC(C)O.[CH2-]NCC(C)O.[N-]=[N+]=[N-].[Na+].[W+2].[W+2].[W+2]. The fourth-order valence-corrected chi connectivity index (χ4v) is 0.493. The Hall–Kier alpha value is 1.10. The van der Waals surface area contributed by atoms with E-state index < -0.39 is 22.6 Å². The molecular formula is C31H66Br3Cl3N11NaO10W3. The number of carbonyl (C=O) groups excluding carboxylic acids is 5. The van der Waals surface area contributed by atoms with Crippen molar-refractivity contribution in [3.05, 3.63) is 58.6 Å². The van der Waals surface area contributed by atoms with Crippen molar-refractivity contribution in [1.29, 1.82) is 0 Å². The molecule has 21 nitrogen and oxygen atoms in total. The van der Waals surface area contributed by atoms with Gasteiger partial charge in [0.25, 0.3) is 0 Å². The third-order valence-corrected chi connectivity index (χ3v) is 2.95. The molecule has 0 rings (SSSR count). The molecule has 0 aromatic heterocycles. The number of aldehydes is 1. The minimum Gasteiger partial charge on any atom is -0.812 e. The largest absolute Gasteiger partial charge is 2.00 e. The van der Waals surface area contributed by atoms with Crippen molar-refractivity contribution >= 4 is 122 Å². The number of nitrogens with two attached hydrogens (primary N) is 1. The number of nitrogens with zero attached hydrogens (tertiary/aromatic N) is 8. The zero-order chi connectivity index (χ0) is 49.4. The van der Waals surface area contributed by atoms with Crippen molar-refractivity contribution in [2.24, 2.45) is 15.8 Å². The van der Waals surface area contributed by atoms with Crippen molar-refractivity contribution in [3.63, 3.8) is 0 Å². The molecule has 5 unspecified atom stereocenters. The maximum Gasteiger partial charge on any atom is 2.00 e. The Labute approximate surface area is 474 Å². The smallest absolute Gasteiger partial charge is 0.812 e. The Bertz CT molecular complexity index is 891. The molecule has 0 amide bonds. The van der Waals surface area contributed by atoms with E-state index in [-0.39, 0.29) is 143 Å². The average molecular weight is 1670 g/mol. The normalized spacial score (nSPS) is 9.35. The van der Waals surface area contributed by atoms with Crippen LogP contribution in [0.5, 0.6) is 0 Å². The first-order valence-corrected chi connectivity index (χ1v) is 20.9. The summed E-state index contributed by atoms with van der Waals surface area (Å²) in [5, 5.41) is 55.1. The number of hydrogen-bond donors (Lipinski definition) is 7. The number of azide groups is 1. The number of aliphatic hydroxyl groups excluding tert-OH is 5. The van der Waals surface area contributed by atoms with Gasteiger partial charge in [-0.1, -0.05) is 63.3 Å². The van der Waals surface area contributed by atoms with Gasteiger partial charge in [-0.25, -0.2) is 0 Å². The quantitative estimate of drug-likeness (QED) is 0.0251. The molecule has 0 spiro atoms. The van der Waals surface area contributed by atoms with Crippen molar-refractivity contribution in [2.45, 2.75) is 105 Å². The average Bonchev–Trinajstić information content (AvgIpc) is 3.10. The summed E-state index contributed by atoms with van der Waals surface area (Å²) in [7, 11) is 6.45. The van der Waals surface area contributed by atoms with Crippen LogP contribution in [0.25, 0.3) is 37.6 Å². The minimum absolute atomic E-state index is 0. The number of ketones is 3. The molecule has 0 heterocycles. The van der Waals surface area contributed by atoms with E-state index >= 15 is 0 Å². The summed E-state index contributed by atoms with van der Waals surface area (Å²) < 4.78 is -0.750. The third-order valence-electron chi connectivity index (χ3n) is 2.16. The zero-order valence-electron chi connectivity index (χ0n) is 35.9. The Morgan fingerprint density at radius 2 is 1.10 bits per heavy atom. The molecule has 5 atom stereocenters. The fourth-order valence-electron chi connectivity index (χ4n) is 0.493. The molecule has 0 bridgehead atoms. The first-order chi connectivity index (χ1) is 26.2. The van der Waals surface area contributed by atoms with Crippen molar-refractivity contribution in [1.82, 2.24) is 5.32 Å². The standard InChI is InChI=1S/C4H10NO.C4H8NO.C3H5BrO.C3H5N3O.C3H9NO.C3H8NO.C3H6NO.C3H6O.C2H3O.CHCl3.CHO.CH4.Br2.N3.Na.3W/c2*1-4(6)3-5-2;1-3(5)2-4;1-3(7)2-5-6-4;3*1-3(5)2-4;1-3(2)4;1-2-3;2-1(3)4;1-2;;1-2;1-3-2;;;;/h4-6H,2-3H2,1H3;3-4,6H,2H2,1H3;2H2,1H3;2H2,1H3;3,5H,2,4H2,1H3;3-5H,2H2,1H3;2-3,5H,1H3;1-2H3;2H,1H2;1H;1H;1H4;;;;;;/q2*-1;;;;2*-1;;-1;;-1;;;-1;+1;3*+2. The molecule has 0 aliphatic heterocycles. The molecule has 0 aromatic rings. The molecule has 0 aliphatic rings. The molecule has 366 valence electrons. The second-order valence-corrected chi connectivity index (χ2v) is 11.3. The van der Waals surface area contributed by atoms with Crippen LogP contribution in [0.2, 0.25) is 0 Å². The van der Waals surface area contributed by atoms with Gasteiger partial charge in [0.15, 0.2) is 4.30 Å². The van der Waals surface area contributed by atoms with E-state index in [1.807, 2.05) is 0 Å². The van der Waals surface area contributed by atoms with E-state index in [1.54, 1.807) is 27.7 Å². The molecule has 0 radical (unpaired) electrons. The Morgan fingerprint density at radius 1 is 0.871 bits per heavy atom. The number of carbonyl (C=O) groups is 4. The van der Waals surface area contributed by atoms with Gasteiger partial charge in [-0.05, 0) is 80.7 Å². The summed E-state index contributed by atoms with van der Waals surface area (Å²) in [6, 6.07) is 0. The van der Waals surface area contributed by atoms with Crippen molar-refractivity contribution < 1.29 is 142 Å². The molecule has 0 aromatic carbocycles. The second-order valence-electron chi connectivity index (χ2n) is 8.74. The maximum atomic E-state index is 9.94. The number of rotatable bonds is 9. The first kappa shape index (κ1) is 120. The van der Waals surface area contributed by atoms with E-state index in [0.29, 0.717) is 24.7 Å². The van der Waals surface area contributed by atoms with Gasteiger partial charge in [0.05, 0.1) is 24.1 Å². The van der Waals surface area contributed by atoms with Gasteiger partial charge in [-0.15, -0.1) is 12.8 Å². The van der Waals surface area contributed by atoms with Gasteiger partial charge in [0, 0.05) is 58.0 Å². The number of aliphatic hydroxyl groups is 5. The topological polar surface area (TPSA) is 390 Å². The number of Topliss-reactive ketones (excluding diaryl/α,β-unsaturated/α-hetero) is 3. The molecule has 9 N–H and O–H groups in total. The minimum atomic E-state index is -0.750. The molecule has 0 fully saturated rings. The van der Waals surface area contributed by atoms with E-state index in [9.17, 15) is 14.4 Å². The van der Waals surface area contributed by atoms with E-state index in [0.717, 1.165) is 6.21 Å². The summed E-state index contributed by atoms with van der Waals surface area (Å²) in [5.41, 5.74) is 32.4. The van der Waals surface area contributed by atoms with Crippen LogP contribution in [0.3, 0.4) is 0 Å². The van der Waals surface area contributed by atoms with Gasteiger partial charge in [-0.2, -0.15) is 13.3 Å². The molecule has 0 saturated carbocycles. The number of halogens is 6. The summed E-state index contributed by atoms with van der Waals surface area (Å²) in [5.74, 6) is 0.225. The number of alkyl halides is 4. The fraction of sp³-hybridized carbons (Fsp3) is 0.677. The first-order valence-electron chi connectivity index (χ1n) is 14.8. The van der Waals surface area contributed by atoms with Gasteiger partial charge >= 0.3 is 92.8 Å². The van der Waals surface area contributed by atoms with Crippen LogP contribution in [0, 0.1) is 21.0 Å². The zero-order valence-corrected chi connectivity index (χ0v) is 53.7. The Morgan fingerprint density at radius 3 is 1.11 bits per heavy atom. The predicted molar refractivity (Wildman–Crippen MR) is 253 cm³/mol. The van der Waals surface area contributed by atoms with E-state index in [1.165, 1.54) is 45.7 Å². The predicted octanol–water partition coefficient (Wildman–Crippen LogP) is 4.10. The summed E-state index contributed by atoms with van der Waals surface area (Å²) in [6.07, 6.45) is 0.380. The monoisotopic (exact) mass is 1670 g/mol. The third kappa shape index (κ3) is 605. The van der Waals surface area contributed by atoms with Crippen molar-refractivity contribution in [3.8, 4) is 0 Å². The van der Waals surface area contributed by atoms with Gasteiger partial charge in [0.1, 0.15) is 17.3 Å². The Balaban J connectivity index is -0.0000000213. The van der Waals surface area contributed by atoms with Crippen LogP contribution >= 0.6 is 79.0 Å². The molecule has 62 heavy (non-hydrogen) atoms. The second kappa shape index (κ2) is 137. The van der Waals surface area contributed by atoms with Crippen LogP contribution in [0.15, 0.2) is 10.1 Å². The van der Waals surface area contributed by atoms with Crippen LogP contribution < -0.4 is 40.6 Å². The molecule has 31 heteroatoms. The van der Waals surface area contributed by atoms with Crippen LogP contribution in [0.1, 0.15) is 69.7 Å². The number of nitrogens with one attached hydrogen (secondary N) is 2. The summed E-state index contributed by atoms with van der Waals surface area (Å²) >= 11 is 22.9. The van der Waals surface area contributed by atoms with Gasteiger partial charge in [0.2, 0.25) is 0 Å². The van der Waals surface area contributed by atoms with E-state index in [2.05, 4.69) is 92.3 Å². The maximum absolute atomic E-state index is 9.94. The molecule has 0 saturated heterocycles. The number of aliphatic imine (C=N–C) groups is 1. The summed E-state index contributed by atoms with van der Waals surface area (Å²) in [6.45, 7) is 21.1.